The van der Waals surface area contributed by atoms with Crippen molar-refractivity contribution >= 4 is 32.8 Å². The smallest absolute Gasteiger partial charge is 0.397 e. The third-order valence-electron chi connectivity index (χ3n) is 4.56. The first-order valence-corrected chi connectivity index (χ1v) is 10.2. The van der Waals surface area contributed by atoms with Gasteiger partial charge < -0.3 is 10.6 Å². The van der Waals surface area contributed by atoms with E-state index in [-0.39, 0.29) is 4.90 Å². The van der Waals surface area contributed by atoms with E-state index in [1.807, 2.05) is 4.90 Å². The standard InChI is InChI=1S/C18H18ClF3N2O2S/c19-15-6-4-12(10-14(15)18(20,21)22)27(25,26)13-5-7-16(23)17(11-13)24-8-2-1-3-9-24/h4-7,10-11H,1-3,8-9,23H2. The Hall–Kier alpha value is -1.93. The summed E-state index contributed by atoms with van der Waals surface area (Å²) >= 11 is 5.59. The van der Waals surface area contributed by atoms with Crippen molar-refractivity contribution in [1.82, 2.24) is 0 Å². The van der Waals surface area contributed by atoms with E-state index in [4.69, 9.17) is 17.3 Å². The van der Waals surface area contributed by atoms with Crippen molar-refractivity contribution in [1.29, 1.82) is 0 Å². The third-order valence-corrected chi connectivity index (χ3v) is 6.64. The van der Waals surface area contributed by atoms with E-state index in [0.717, 1.165) is 44.5 Å². The number of halogens is 4. The molecule has 1 fully saturated rings. The Balaban J connectivity index is 2.05. The predicted octanol–water partition coefficient (Wildman–Crippen LogP) is 4.76. The third kappa shape index (κ3) is 4.01. The monoisotopic (exact) mass is 418 g/mol. The molecule has 9 heteroatoms. The fourth-order valence-corrected chi connectivity index (χ4v) is 4.66. The molecule has 1 heterocycles. The lowest BCUT2D eigenvalue weighted by Gasteiger charge is -2.30. The Bertz CT molecular complexity index is 956. The van der Waals surface area contributed by atoms with Gasteiger partial charge >= 0.3 is 6.18 Å². The van der Waals surface area contributed by atoms with Crippen molar-refractivity contribution in [2.24, 2.45) is 0 Å². The lowest BCUT2D eigenvalue weighted by molar-refractivity contribution is -0.137. The van der Waals surface area contributed by atoms with Crippen molar-refractivity contribution < 1.29 is 21.6 Å². The molecule has 3 rings (SSSR count). The highest BCUT2D eigenvalue weighted by Crippen LogP contribution is 2.38. The van der Waals surface area contributed by atoms with Crippen LogP contribution in [0.3, 0.4) is 0 Å². The van der Waals surface area contributed by atoms with Crippen LogP contribution in [0.15, 0.2) is 46.2 Å². The summed E-state index contributed by atoms with van der Waals surface area (Å²) in [6, 6.07) is 6.79. The van der Waals surface area contributed by atoms with Crippen molar-refractivity contribution in [2.75, 3.05) is 23.7 Å². The number of hydrogen-bond acceptors (Lipinski definition) is 4. The van der Waals surface area contributed by atoms with Gasteiger partial charge in [-0.05, 0) is 55.7 Å². The Labute approximate surface area is 160 Å². The first-order chi connectivity index (χ1) is 12.6. The number of alkyl halides is 3. The summed E-state index contributed by atoms with van der Waals surface area (Å²) in [4.78, 5) is 1.43. The molecule has 0 amide bonds. The molecule has 0 atom stereocenters. The molecule has 1 aliphatic rings. The minimum absolute atomic E-state index is 0.104. The molecule has 0 aromatic heterocycles. The van der Waals surface area contributed by atoms with E-state index in [2.05, 4.69) is 0 Å². The summed E-state index contributed by atoms with van der Waals surface area (Å²) in [6.07, 6.45) is -1.70. The van der Waals surface area contributed by atoms with Crippen LogP contribution in [0, 0.1) is 0 Å². The van der Waals surface area contributed by atoms with Crippen LogP contribution in [0.5, 0.6) is 0 Å². The van der Waals surface area contributed by atoms with Crippen LogP contribution in [-0.4, -0.2) is 21.5 Å². The molecule has 2 aromatic rings. The van der Waals surface area contributed by atoms with Gasteiger partial charge in [0.1, 0.15) is 0 Å². The number of benzene rings is 2. The van der Waals surface area contributed by atoms with Crippen molar-refractivity contribution in [3.63, 3.8) is 0 Å². The highest BCUT2D eigenvalue weighted by molar-refractivity contribution is 7.91. The van der Waals surface area contributed by atoms with Crippen LogP contribution in [0.25, 0.3) is 0 Å². The van der Waals surface area contributed by atoms with Gasteiger partial charge in [0.15, 0.2) is 0 Å². The second kappa shape index (κ2) is 7.24. The minimum Gasteiger partial charge on any atom is -0.397 e. The summed E-state index contributed by atoms with van der Waals surface area (Å²) in [5, 5.41) is -0.548. The van der Waals surface area contributed by atoms with Gasteiger partial charge in [-0.2, -0.15) is 13.2 Å². The van der Waals surface area contributed by atoms with Crippen molar-refractivity contribution in [3.05, 3.63) is 47.0 Å². The largest absolute Gasteiger partial charge is 0.417 e. The van der Waals surface area contributed by atoms with Gasteiger partial charge in [-0.15, -0.1) is 0 Å². The second-order valence-corrected chi connectivity index (χ2v) is 8.77. The maximum absolute atomic E-state index is 13.1. The van der Waals surface area contributed by atoms with Crippen LogP contribution in [-0.2, 0) is 16.0 Å². The average molecular weight is 419 g/mol. The lowest BCUT2D eigenvalue weighted by atomic mass is 10.1. The fourth-order valence-electron chi connectivity index (χ4n) is 3.12. The quantitative estimate of drug-likeness (QED) is 0.729. The lowest BCUT2D eigenvalue weighted by Crippen LogP contribution is -2.30. The highest BCUT2D eigenvalue weighted by atomic mass is 35.5. The van der Waals surface area contributed by atoms with E-state index in [0.29, 0.717) is 17.4 Å². The van der Waals surface area contributed by atoms with Gasteiger partial charge in [-0.1, -0.05) is 11.6 Å². The molecule has 0 spiro atoms. The Kier molecular flexibility index (Phi) is 5.31. The average Bonchev–Trinajstić information content (AvgIpc) is 2.62. The number of hydrogen-bond donors (Lipinski definition) is 1. The maximum Gasteiger partial charge on any atom is 0.417 e. The van der Waals surface area contributed by atoms with Gasteiger partial charge in [-0.25, -0.2) is 8.42 Å². The number of anilines is 2. The summed E-state index contributed by atoms with van der Waals surface area (Å²) < 4.78 is 65.0. The molecule has 0 aliphatic carbocycles. The SMILES string of the molecule is Nc1ccc(S(=O)(=O)c2ccc(Cl)c(C(F)(F)F)c2)cc1N1CCCCC1. The molecule has 2 aromatic carbocycles. The van der Waals surface area contributed by atoms with Gasteiger partial charge in [0.2, 0.25) is 9.84 Å². The normalized spacial score (nSPS) is 15.8. The highest BCUT2D eigenvalue weighted by Gasteiger charge is 2.35. The molecule has 0 saturated carbocycles. The van der Waals surface area contributed by atoms with Gasteiger partial charge in [0.05, 0.1) is 31.8 Å². The zero-order chi connectivity index (χ0) is 19.8. The van der Waals surface area contributed by atoms with E-state index in [1.54, 1.807) is 0 Å². The zero-order valence-corrected chi connectivity index (χ0v) is 15.8. The Morgan fingerprint density at radius 3 is 2.19 bits per heavy atom. The molecule has 4 nitrogen and oxygen atoms in total. The molecule has 27 heavy (non-hydrogen) atoms. The van der Waals surface area contributed by atoms with Gasteiger partial charge in [-0.3, -0.25) is 0 Å². The van der Waals surface area contributed by atoms with E-state index in [1.165, 1.54) is 18.2 Å². The first-order valence-electron chi connectivity index (χ1n) is 8.37. The molecular formula is C18H18ClF3N2O2S. The topological polar surface area (TPSA) is 63.4 Å². The summed E-state index contributed by atoms with van der Waals surface area (Å²) in [5.41, 5.74) is 5.83. The van der Waals surface area contributed by atoms with Crippen LogP contribution >= 0.6 is 11.6 Å². The number of nitrogens with two attached hydrogens (primary N) is 1. The summed E-state index contributed by atoms with van der Waals surface area (Å²) in [5.74, 6) is 0. The van der Waals surface area contributed by atoms with Crippen molar-refractivity contribution in [3.8, 4) is 0 Å². The molecule has 146 valence electrons. The van der Waals surface area contributed by atoms with Gasteiger partial charge in [0, 0.05) is 13.1 Å². The van der Waals surface area contributed by atoms with E-state index < -0.39 is 31.5 Å². The first kappa shape index (κ1) is 19.8. The molecule has 0 radical (unpaired) electrons. The van der Waals surface area contributed by atoms with Crippen LogP contribution < -0.4 is 10.6 Å². The second-order valence-electron chi connectivity index (χ2n) is 6.41. The molecule has 1 aliphatic heterocycles. The van der Waals surface area contributed by atoms with E-state index in [9.17, 15) is 21.6 Å². The predicted molar refractivity (Wildman–Crippen MR) is 98.8 cm³/mol. The van der Waals surface area contributed by atoms with Gasteiger partial charge in [0.25, 0.3) is 0 Å². The minimum atomic E-state index is -4.75. The number of nitrogen functional groups attached to an aromatic ring is 1. The number of piperidine rings is 1. The number of nitrogens with zero attached hydrogens (tertiary/aromatic N) is 1. The van der Waals surface area contributed by atoms with Crippen LogP contribution in [0.2, 0.25) is 5.02 Å². The van der Waals surface area contributed by atoms with Crippen LogP contribution in [0.4, 0.5) is 24.5 Å². The maximum atomic E-state index is 13.1. The molecule has 1 saturated heterocycles. The number of rotatable bonds is 3. The Morgan fingerprint density at radius 1 is 0.963 bits per heavy atom. The molecule has 2 N–H and O–H groups in total. The fraction of sp³-hybridized carbons (Fsp3) is 0.333. The summed E-state index contributed by atoms with van der Waals surface area (Å²) in [7, 11) is -4.16. The molecule has 0 unspecified atom stereocenters. The number of sulfone groups is 1. The summed E-state index contributed by atoms with van der Waals surface area (Å²) in [6.45, 7) is 1.51. The van der Waals surface area contributed by atoms with Crippen molar-refractivity contribution in [2.45, 2.75) is 35.2 Å². The zero-order valence-electron chi connectivity index (χ0n) is 14.3. The van der Waals surface area contributed by atoms with Crippen LogP contribution in [0.1, 0.15) is 24.8 Å². The molecular weight excluding hydrogens is 401 g/mol. The van der Waals surface area contributed by atoms with E-state index >= 15 is 0 Å². The molecule has 0 bridgehead atoms. The Morgan fingerprint density at radius 2 is 1.56 bits per heavy atom.